The number of amides is 2. The lowest BCUT2D eigenvalue weighted by Gasteiger charge is -2.34. The van der Waals surface area contributed by atoms with Crippen LogP contribution in [0.2, 0.25) is 0 Å². The van der Waals surface area contributed by atoms with E-state index in [4.69, 9.17) is 4.74 Å². The van der Waals surface area contributed by atoms with Gasteiger partial charge in [-0.2, -0.15) is 4.80 Å². The molecule has 2 heterocycles. The molecule has 1 saturated heterocycles. The van der Waals surface area contributed by atoms with Crippen LogP contribution in [-0.4, -0.2) is 62.2 Å². The van der Waals surface area contributed by atoms with E-state index in [-0.39, 0.29) is 42.8 Å². The molecule has 3 aromatic rings. The fraction of sp³-hybridized carbons (Fsp3) is 0.464. The van der Waals surface area contributed by atoms with Crippen LogP contribution < -0.4 is 5.32 Å². The molecule has 2 aromatic carbocycles. The van der Waals surface area contributed by atoms with Crippen molar-refractivity contribution in [2.75, 3.05) is 13.2 Å². The fourth-order valence-corrected chi connectivity index (χ4v) is 5.24. The van der Waals surface area contributed by atoms with E-state index in [0.717, 1.165) is 49.7 Å². The van der Waals surface area contributed by atoms with E-state index < -0.39 is 17.8 Å². The standard InChI is InChI=1S/C28H32F2N6O3/c29-21-12-8-19(9-13-21)26(28(38)31-23-5-2-1-3-6-23)35(17-24-7-4-16-39-24)25(37)18-36-33-27(32-34-36)20-10-14-22(30)15-11-20/h8-15,23-24,26H,1-7,16-18H2,(H,31,38)/t24-,26+/m0/s1. The van der Waals surface area contributed by atoms with Gasteiger partial charge in [0.25, 0.3) is 0 Å². The number of benzene rings is 2. The zero-order valence-electron chi connectivity index (χ0n) is 21.6. The summed E-state index contributed by atoms with van der Waals surface area (Å²) in [7, 11) is 0. The van der Waals surface area contributed by atoms with Crippen molar-refractivity contribution < 1.29 is 23.1 Å². The molecule has 0 spiro atoms. The maximum Gasteiger partial charge on any atom is 0.247 e. The number of tetrazole rings is 1. The molecule has 1 aromatic heterocycles. The zero-order valence-corrected chi connectivity index (χ0v) is 21.6. The van der Waals surface area contributed by atoms with Crippen molar-refractivity contribution in [2.24, 2.45) is 0 Å². The summed E-state index contributed by atoms with van der Waals surface area (Å²) in [4.78, 5) is 30.2. The van der Waals surface area contributed by atoms with Gasteiger partial charge in [0, 0.05) is 24.8 Å². The van der Waals surface area contributed by atoms with Gasteiger partial charge in [0.05, 0.1) is 6.10 Å². The largest absolute Gasteiger partial charge is 0.376 e. The van der Waals surface area contributed by atoms with Crippen LogP contribution in [0, 0.1) is 11.6 Å². The Labute approximate surface area is 225 Å². The Bertz CT molecular complexity index is 1260. The van der Waals surface area contributed by atoms with Crippen LogP contribution in [0.25, 0.3) is 11.4 Å². The Morgan fingerprint density at radius 2 is 1.67 bits per heavy atom. The number of nitrogens with zero attached hydrogens (tertiary/aromatic N) is 5. The molecular formula is C28H32F2N6O3. The van der Waals surface area contributed by atoms with Crippen LogP contribution in [0.3, 0.4) is 0 Å². The maximum absolute atomic E-state index is 13.8. The van der Waals surface area contributed by atoms with Crippen LogP contribution in [0.5, 0.6) is 0 Å². The molecule has 1 N–H and O–H groups in total. The van der Waals surface area contributed by atoms with E-state index in [1.54, 1.807) is 0 Å². The number of nitrogens with one attached hydrogen (secondary N) is 1. The predicted octanol–water partition coefficient (Wildman–Crippen LogP) is 3.82. The molecule has 5 rings (SSSR count). The SMILES string of the molecule is O=C(NC1CCCCC1)[C@@H](c1ccc(F)cc1)N(C[C@@H]1CCCO1)C(=O)Cn1nnc(-c2ccc(F)cc2)n1. The second-order valence-electron chi connectivity index (χ2n) is 10.1. The molecule has 2 atom stereocenters. The topological polar surface area (TPSA) is 102 Å². The number of halogens is 2. The Morgan fingerprint density at radius 3 is 2.33 bits per heavy atom. The quantitative estimate of drug-likeness (QED) is 0.445. The van der Waals surface area contributed by atoms with Gasteiger partial charge in [-0.1, -0.05) is 31.4 Å². The molecule has 11 heteroatoms. The van der Waals surface area contributed by atoms with Crippen molar-refractivity contribution in [3.63, 3.8) is 0 Å². The fourth-order valence-electron chi connectivity index (χ4n) is 5.24. The van der Waals surface area contributed by atoms with E-state index >= 15 is 0 Å². The van der Waals surface area contributed by atoms with Gasteiger partial charge >= 0.3 is 0 Å². The first-order chi connectivity index (χ1) is 19.0. The van der Waals surface area contributed by atoms with Crippen molar-refractivity contribution in [2.45, 2.75) is 69.7 Å². The Balaban J connectivity index is 1.41. The number of carbonyl (C=O) groups is 2. The lowest BCUT2D eigenvalue weighted by molar-refractivity contribution is -0.143. The Hall–Kier alpha value is -3.73. The summed E-state index contributed by atoms with van der Waals surface area (Å²) in [5.41, 5.74) is 1.07. The van der Waals surface area contributed by atoms with E-state index in [1.807, 2.05) is 0 Å². The van der Waals surface area contributed by atoms with E-state index in [1.165, 1.54) is 53.4 Å². The number of rotatable bonds is 9. The van der Waals surface area contributed by atoms with Crippen LogP contribution in [0.1, 0.15) is 56.6 Å². The lowest BCUT2D eigenvalue weighted by Crippen LogP contribution is -2.50. The molecule has 2 amide bonds. The highest BCUT2D eigenvalue weighted by atomic mass is 19.1. The summed E-state index contributed by atoms with van der Waals surface area (Å²) < 4.78 is 32.9. The number of carbonyl (C=O) groups excluding carboxylic acids is 2. The molecular weight excluding hydrogens is 506 g/mol. The predicted molar refractivity (Wildman–Crippen MR) is 138 cm³/mol. The first kappa shape index (κ1) is 26.9. The molecule has 1 aliphatic carbocycles. The molecule has 0 bridgehead atoms. The normalized spacial score (nSPS) is 18.6. The minimum absolute atomic E-state index is 0.0316. The highest BCUT2D eigenvalue weighted by Gasteiger charge is 2.35. The minimum Gasteiger partial charge on any atom is -0.376 e. The number of hydrogen-bond acceptors (Lipinski definition) is 6. The molecule has 39 heavy (non-hydrogen) atoms. The maximum atomic E-state index is 13.8. The summed E-state index contributed by atoms with van der Waals surface area (Å²) in [5.74, 6) is -1.27. The van der Waals surface area contributed by atoms with Crippen molar-refractivity contribution in [3.8, 4) is 11.4 Å². The van der Waals surface area contributed by atoms with Crippen molar-refractivity contribution in [1.29, 1.82) is 0 Å². The summed E-state index contributed by atoms with van der Waals surface area (Å²) in [6.45, 7) is 0.516. The molecule has 1 saturated carbocycles. The average Bonchev–Trinajstić information content (AvgIpc) is 3.63. The smallest absolute Gasteiger partial charge is 0.247 e. The summed E-state index contributed by atoms with van der Waals surface area (Å²) in [5, 5.41) is 15.4. The molecule has 0 radical (unpaired) electrons. The first-order valence-electron chi connectivity index (χ1n) is 13.5. The van der Waals surface area contributed by atoms with Gasteiger partial charge in [-0.15, -0.1) is 10.2 Å². The molecule has 2 fully saturated rings. The zero-order chi connectivity index (χ0) is 27.2. The highest BCUT2D eigenvalue weighted by molar-refractivity contribution is 5.89. The van der Waals surface area contributed by atoms with Crippen LogP contribution >= 0.6 is 0 Å². The van der Waals surface area contributed by atoms with Gasteiger partial charge < -0.3 is 15.0 Å². The number of ether oxygens (including phenoxy) is 1. The monoisotopic (exact) mass is 538 g/mol. The summed E-state index contributed by atoms with van der Waals surface area (Å²) in [6.07, 6.45) is 6.40. The minimum atomic E-state index is -0.982. The van der Waals surface area contributed by atoms with Gasteiger partial charge in [0.15, 0.2) is 0 Å². The van der Waals surface area contributed by atoms with Crippen molar-refractivity contribution >= 4 is 11.8 Å². The lowest BCUT2D eigenvalue weighted by atomic mass is 9.94. The van der Waals surface area contributed by atoms with E-state index in [2.05, 4.69) is 20.7 Å². The van der Waals surface area contributed by atoms with Gasteiger partial charge in [-0.25, -0.2) is 8.78 Å². The van der Waals surface area contributed by atoms with Gasteiger partial charge in [-0.05, 0) is 72.9 Å². The Kier molecular flexibility index (Phi) is 8.55. The number of aromatic nitrogens is 4. The molecule has 1 aliphatic heterocycles. The van der Waals surface area contributed by atoms with E-state index in [9.17, 15) is 18.4 Å². The third-order valence-electron chi connectivity index (χ3n) is 7.27. The van der Waals surface area contributed by atoms with Crippen LogP contribution in [0.15, 0.2) is 48.5 Å². The molecule has 9 nitrogen and oxygen atoms in total. The Morgan fingerprint density at radius 1 is 0.974 bits per heavy atom. The third kappa shape index (κ3) is 6.83. The van der Waals surface area contributed by atoms with Gasteiger partial charge in [-0.3, -0.25) is 9.59 Å². The number of hydrogen-bond donors (Lipinski definition) is 1. The summed E-state index contributed by atoms with van der Waals surface area (Å²) >= 11 is 0. The average molecular weight is 539 g/mol. The van der Waals surface area contributed by atoms with E-state index in [0.29, 0.717) is 17.7 Å². The van der Waals surface area contributed by atoms with Crippen LogP contribution in [0.4, 0.5) is 8.78 Å². The first-order valence-corrected chi connectivity index (χ1v) is 13.5. The van der Waals surface area contributed by atoms with Gasteiger partial charge in [0.1, 0.15) is 24.2 Å². The van der Waals surface area contributed by atoms with Crippen molar-refractivity contribution in [3.05, 3.63) is 65.7 Å². The molecule has 0 unspecified atom stereocenters. The molecule has 2 aliphatic rings. The highest BCUT2D eigenvalue weighted by Crippen LogP contribution is 2.27. The second-order valence-corrected chi connectivity index (χ2v) is 10.1. The van der Waals surface area contributed by atoms with Crippen molar-refractivity contribution in [1.82, 2.24) is 30.4 Å². The second kappa shape index (κ2) is 12.4. The summed E-state index contributed by atoms with van der Waals surface area (Å²) in [6, 6.07) is 10.4. The van der Waals surface area contributed by atoms with Gasteiger partial charge in [0.2, 0.25) is 17.6 Å². The van der Waals surface area contributed by atoms with Crippen LogP contribution in [-0.2, 0) is 20.9 Å². The molecule has 206 valence electrons. The third-order valence-corrected chi connectivity index (χ3v) is 7.27.